The van der Waals surface area contributed by atoms with Crippen molar-refractivity contribution in [1.29, 1.82) is 0 Å². The Balaban J connectivity index is 2.44. The fourth-order valence-corrected chi connectivity index (χ4v) is 9.34. The molecule has 0 aliphatic carbocycles. The molecule has 2 heteroatoms. The Morgan fingerprint density at radius 3 is 1.54 bits per heavy atom. The van der Waals surface area contributed by atoms with Crippen molar-refractivity contribution < 1.29 is 0 Å². The standard InChI is InChI=1S/C22H24PSi/c1-17-15-16-22(19(3)18(17)2)23(4,24,20-11-7-5-8-12-20)21-13-9-6-10-14-21/h5-16H,1-4H3. The van der Waals surface area contributed by atoms with E-state index in [0.29, 0.717) is 0 Å². The first-order chi connectivity index (χ1) is 11.4. The molecule has 0 aromatic heterocycles. The SMILES string of the molecule is Cc1ccc(P(C)([Si])(c2ccccc2)c2ccccc2)c(C)c1C. The summed E-state index contributed by atoms with van der Waals surface area (Å²) < 4.78 is 0. The molecule has 0 spiro atoms. The van der Waals surface area contributed by atoms with Crippen molar-refractivity contribution in [2.75, 3.05) is 6.66 Å². The zero-order chi connectivity index (χ0) is 17.4. The Hall–Kier alpha value is -1.69. The van der Waals surface area contributed by atoms with Gasteiger partial charge in [-0.2, -0.15) is 0 Å². The average Bonchev–Trinajstić information content (AvgIpc) is 2.61. The van der Waals surface area contributed by atoms with Crippen LogP contribution in [-0.2, 0) is 0 Å². The molecule has 3 aromatic carbocycles. The Labute approximate surface area is 149 Å². The molecule has 0 heterocycles. The number of hydrogen-bond acceptors (Lipinski definition) is 0. The Kier molecular flexibility index (Phi) is 4.28. The maximum atomic E-state index is 4.42. The van der Waals surface area contributed by atoms with Crippen LogP contribution in [0.3, 0.4) is 0 Å². The van der Waals surface area contributed by atoms with Gasteiger partial charge in [-0.1, -0.05) is 0 Å². The Bertz CT molecular complexity index is 824. The van der Waals surface area contributed by atoms with Crippen LogP contribution < -0.4 is 15.9 Å². The average molecular weight is 347 g/mol. The van der Waals surface area contributed by atoms with Crippen LogP contribution >= 0.6 is 6.15 Å². The normalized spacial score (nSPS) is 13.3. The minimum atomic E-state index is -2.67. The van der Waals surface area contributed by atoms with Crippen molar-refractivity contribution in [3.05, 3.63) is 89.5 Å². The fourth-order valence-electron chi connectivity index (χ4n) is 3.58. The van der Waals surface area contributed by atoms with Gasteiger partial charge in [0.1, 0.15) is 0 Å². The zero-order valence-corrected chi connectivity index (χ0v) is 16.8. The third-order valence-corrected chi connectivity index (χ3v) is 12.6. The molecule has 0 saturated heterocycles. The van der Waals surface area contributed by atoms with Gasteiger partial charge in [0.2, 0.25) is 0 Å². The quantitative estimate of drug-likeness (QED) is 0.493. The van der Waals surface area contributed by atoms with Crippen molar-refractivity contribution in [3.8, 4) is 0 Å². The number of benzene rings is 3. The summed E-state index contributed by atoms with van der Waals surface area (Å²) in [6.07, 6.45) is -2.67. The topological polar surface area (TPSA) is 0 Å². The predicted molar refractivity (Wildman–Crippen MR) is 111 cm³/mol. The van der Waals surface area contributed by atoms with E-state index in [0.717, 1.165) is 0 Å². The molecule has 0 saturated carbocycles. The van der Waals surface area contributed by atoms with Gasteiger partial charge < -0.3 is 0 Å². The molecule has 121 valence electrons. The van der Waals surface area contributed by atoms with E-state index >= 15 is 0 Å². The first-order valence-electron chi connectivity index (χ1n) is 8.32. The number of hydrogen-bond donors (Lipinski definition) is 0. The predicted octanol–water partition coefficient (Wildman–Crippen LogP) is 4.15. The van der Waals surface area contributed by atoms with E-state index in [4.69, 9.17) is 0 Å². The summed E-state index contributed by atoms with van der Waals surface area (Å²) in [6.45, 7) is 9.08. The number of rotatable bonds is 3. The van der Waals surface area contributed by atoms with Crippen molar-refractivity contribution in [3.63, 3.8) is 0 Å². The molecule has 0 unspecified atom stereocenters. The minimum absolute atomic E-state index is 1.35. The van der Waals surface area contributed by atoms with Gasteiger partial charge in [-0.15, -0.1) is 0 Å². The molecule has 0 aliphatic heterocycles. The monoisotopic (exact) mass is 347 g/mol. The third-order valence-electron chi connectivity index (χ3n) is 5.44. The van der Waals surface area contributed by atoms with Crippen LogP contribution in [0, 0.1) is 20.8 Å². The van der Waals surface area contributed by atoms with Gasteiger partial charge in [0, 0.05) is 0 Å². The molecule has 0 bridgehead atoms. The fraction of sp³-hybridized carbons (Fsp3) is 0.182. The Morgan fingerprint density at radius 2 is 1.08 bits per heavy atom. The molecule has 0 amide bonds. The molecule has 0 aliphatic rings. The van der Waals surface area contributed by atoms with Gasteiger partial charge in [0.15, 0.2) is 0 Å². The maximum absolute atomic E-state index is 4.42. The van der Waals surface area contributed by atoms with Gasteiger partial charge in [-0.05, 0) is 0 Å². The van der Waals surface area contributed by atoms with Crippen molar-refractivity contribution in [2.24, 2.45) is 0 Å². The summed E-state index contributed by atoms with van der Waals surface area (Å²) in [7, 11) is 4.42. The van der Waals surface area contributed by atoms with Gasteiger partial charge >= 0.3 is 149 Å². The van der Waals surface area contributed by atoms with E-state index in [2.05, 4.69) is 110 Å². The van der Waals surface area contributed by atoms with Crippen molar-refractivity contribution >= 4 is 32.0 Å². The second kappa shape index (κ2) is 5.99. The Morgan fingerprint density at radius 1 is 0.625 bits per heavy atom. The summed E-state index contributed by atoms with van der Waals surface area (Å²) in [5.41, 5.74) is 4.12. The van der Waals surface area contributed by atoms with Gasteiger partial charge in [0.25, 0.3) is 0 Å². The van der Waals surface area contributed by atoms with Gasteiger partial charge in [0.05, 0.1) is 0 Å². The van der Waals surface area contributed by atoms with E-state index in [1.807, 2.05) is 0 Å². The van der Waals surface area contributed by atoms with Crippen LogP contribution in [0.25, 0.3) is 0 Å². The molecule has 24 heavy (non-hydrogen) atoms. The molecule has 0 N–H and O–H groups in total. The van der Waals surface area contributed by atoms with E-state index < -0.39 is 6.15 Å². The van der Waals surface area contributed by atoms with Crippen LogP contribution in [0.4, 0.5) is 0 Å². The second-order valence-corrected chi connectivity index (χ2v) is 14.9. The van der Waals surface area contributed by atoms with Gasteiger partial charge in [-0.25, -0.2) is 0 Å². The van der Waals surface area contributed by atoms with Crippen molar-refractivity contribution in [2.45, 2.75) is 20.8 Å². The second-order valence-electron chi connectivity index (χ2n) is 6.89. The van der Waals surface area contributed by atoms with Gasteiger partial charge in [-0.3, -0.25) is 0 Å². The van der Waals surface area contributed by atoms with Crippen LogP contribution in [-0.4, -0.2) is 16.6 Å². The van der Waals surface area contributed by atoms with Crippen LogP contribution in [0.15, 0.2) is 72.8 Å². The molecule has 3 radical (unpaired) electrons. The third kappa shape index (κ3) is 2.47. The molecule has 0 nitrogen and oxygen atoms in total. The molecular formula is C22H24PSi. The van der Waals surface area contributed by atoms with Crippen LogP contribution in [0.1, 0.15) is 16.7 Å². The summed E-state index contributed by atoms with van der Waals surface area (Å²) in [5, 5.41) is 4.13. The summed E-state index contributed by atoms with van der Waals surface area (Å²) in [5.74, 6) is 0. The molecule has 3 rings (SSSR count). The first kappa shape index (κ1) is 17.1. The van der Waals surface area contributed by atoms with E-state index in [1.165, 1.54) is 32.6 Å². The molecule has 0 atom stereocenters. The summed E-state index contributed by atoms with van der Waals surface area (Å²) in [6, 6.07) is 26.3. The molecule has 0 fully saturated rings. The molecular weight excluding hydrogens is 323 g/mol. The molecule has 3 aromatic rings. The summed E-state index contributed by atoms with van der Waals surface area (Å²) in [4.78, 5) is 0. The van der Waals surface area contributed by atoms with Crippen LogP contribution in [0.5, 0.6) is 0 Å². The number of aryl methyl sites for hydroxylation is 1. The first-order valence-corrected chi connectivity index (χ1v) is 12.3. The van der Waals surface area contributed by atoms with E-state index in [9.17, 15) is 0 Å². The van der Waals surface area contributed by atoms with E-state index in [1.54, 1.807) is 0 Å². The van der Waals surface area contributed by atoms with Crippen molar-refractivity contribution in [1.82, 2.24) is 0 Å². The zero-order valence-electron chi connectivity index (χ0n) is 14.9. The van der Waals surface area contributed by atoms with E-state index in [-0.39, 0.29) is 0 Å². The van der Waals surface area contributed by atoms with Crippen LogP contribution in [0.2, 0.25) is 0 Å². The summed E-state index contributed by atoms with van der Waals surface area (Å²) >= 11 is 0.